The maximum Gasteiger partial charge on any atom is 0.150 e. The molecule has 6 nitrogen and oxygen atoms in total. The van der Waals surface area contributed by atoms with Gasteiger partial charge in [0.05, 0.1) is 17.1 Å². The van der Waals surface area contributed by atoms with Gasteiger partial charge in [0.25, 0.3) is 0 Å². The van der Waals surface area contributed by atoms with Gasteiger partial charge in [-0.1, -0.05) is 11.4 Å². The molecule has 0 spiro atoms. The Morgan fingerprint density at radius 3 is 2.76 bits per heavy atom. The van der Waals surface area contributed by atoms with Crippen LogP contribution in [0.5, 0.6) is 0 Å². The molecular weight excluding hydrogens is 236 g/mol. The molecule has 2 rings (SSSR count). The zero-order valence-electron chi connectivity index (χ0n) is 10.3. The largest absolute Gasteiger partial charge is 0.294 e. The summed E-state index contributed by atoms with van der Waals surface area (Å²) < 4.78 is 3.93. The molecule has 0 bridgehead atoms. The summed E-state index contributed by atoms with van der Waals surface area (Å²) in [5, 5.41) is 11.1. The lowest BCUT2D eigenvalue weighted by molar-refractivity contribution is 0.313. The van der Waals surface area contributed by atoms with Crippen LogP contribution in [0.15, 0.2) is 0 Å². The van der Waals surface area contributed by atoms with Gasteiger partial charge < -0.3 is 0 Å². The predicted octanol–water partition coefficient (Wildman–Crippen LogP) is 1.16. The smallest absolute Gasteiger partial charge is 0.150 e. The Hall–Kier alpha value is -1.34. The maximum absolute atomic E-state index is 4.38. The fourth-order valence-corrected chi connectivity index (χ4v) is 2.23. The number of aromatic nitrogens is 5. The van der Waals surface area contributed by atoms with Gasteiger partial charge in [-0.05, 0) is 25.5 Å². The molecule has 0 amide bonds. The molecule has 2 aromatic heterocycles. The second-order valence-corrected chi connectivity index (χ2v) is 4.84. The van der Waals surface area contributed by atoms with Crippen molar-refractivity contribution in [1.82, 2.24) is 29.7 Å². The van der Waals surface area contributed by atoms with Crippen molar-refractivity contribution in [2.24, 2.45) is 0 Å². The van der Waals surface area contributed by atoms with Crippen molar-refractivity contribution in [1.29, 1.82) is 0 Å². The number of nitrogens with zero attached hydrogens (tertiary/aromatic N) is 5. The molecule has 0 aliphatic carbocycles. The van der Waals surface area contributed by atoms with E-state index in [9.17, 15) is 0 Å². The van der Waals surface area contributed by atoms with Crippen LogP contribution in [0.1, 0.15) is 29.1 Å². The van der Waals surface area contributed by atoms with Crippen LogP contribution < -0.4 is 0 Å². The SMILES string of the molecule is CCc1n[nH]c(CN(C)Cc2snnc2C)n1. The summed E-state index contributed by atoms with van der Waals surface area (Å²) >= 11 is 1.45. The molecule has 0 radical (unpaired) electrons. The van der Waals surface area contributed by atoms with Crippen LogP contribution >= 0.6 is 11.5 Å². The standard InChI is InChI=1S/C10H16N6S/c1-4-9-11-10(14-13-9)6-16(3)5-8-7(2)12-15-17-8/h4-6H2,1-3H3,(H,11,13,14). The molecule has 2 heterocycles. The maximum atomic E-state index is 4.38. The van der Waals surface area contributed by atoms with E-state index in [0.29, 0.717) is 0 Å². The molecule has 0 saturated carbocycles. The van der Waals surface area contributed by atoms with Gasteiger partial charge in [-0.15, -0.1) is 5.10 Å². The molecule has 0 aliphatic heterocycles. The van der Waals surface area contributed by atoms with Gasteiger partial charge in [-0.25, -0.2) is 4.98 Å². The Labute approximate surface area is 104 Å². The van der Waals surface area contributed by atoms with Crippen molar-refractivity contribution < 1.29 is 0 Å². The van der Waals surface area contributed by atoms with Crippen molar-refractivity contribution in [3.8, 4) is 0 Å². The molecule has 17 heavy (non-hydrogen) atoms. The molecular formula is C10H16N6S. The van der Waals surface area contributed by atoms with E-state index in [4.69, 9.17) is 0 Å². The highest BCUT2D eigenvalue weighted by Crippen LogP contribution is 2.12. The van der Waals surface area contributed by atoms with Crippen molar-refractivity contribution in [3.05, 3.63) is 22.2 Å². The van der Waals surface area contributed by atoms with Crippen LogP contribution in [0.25, 0.3) is 0 Å². The first-order valence-electron chi connectivity index (χ1n) is 5.55. The summed E-state index contributed by atoms with van der Waals surface area (Å²) in [6.45, 7) is 5.62. The van der Waals surface area contributed by atoms with Gasteiger partial charge in [0.1, 0.15) is 11.6 Å². The van der Waals surface area contributed by atoms with Crippen molar-refractivity contribution in [2.45, 2.75) is 33.4 Å². The first-order valence-corrected chi connectivity index (χ1v) is 6.33. The van der Waals surface area contributed by atoms with E-state index in [2.05, 4.69) is 29.7 Å². The number of nitrogens with one attached hydrogen (secondary N) is 1. The van der Waals surface area contributed by atoms with Crippen molar-refractivity contribution in [2.75, 3.05) is 7.05 Å². The number of aryl methyl sites for hydroxylation is 2. The van der Waals surface area contributed by atoms with E-state index in [0.717, 1.165) is 36.9 Å². The molecule has 0 aromatic carbocycles. The minimum absolute atomic E-state index is 0.754. The molecule has 1 N–H and O–H groups in total. The lowest BCUT2D eigenvalue weighted by atomic mass is 10.3. The van der Waals surface area contributed by atoms with E-state index in [-0.39, 0.29) is 0 Å². The van der Waals surface area contributed by atoms with Gasteiger partial charge in [-0.3, -0.25) is 10.00 Å². The lowest BCUT2D eigenvalue weighted by Gasteiger charge is -2.13. The Bertz CT molecular complexity index is 477. The monoisotopic (exact) mass is 252 g/mol. The van der Waals surface area contributed by atoms with Crippen LogP contribution in [0.4, 0.5) is 0 Å². The topological polar surface area (TPSA) is 70.6 Å². The Morgan fingerprint density at radius 2 is 2.18 bits per heavy atom. The third-order valence-corrected chi connectivity index (χ3v) is 3.28. The quantitative estimate of drug-likeness (QED) is 0.864. The zero-order chi connectivity index (χ0) is 12.3. The molecule has 0 unspecified atom stereocenters. The molecule has 2 aromatic rings. The average molecular weight is 252 g/mol. The Morgan fingerprint density at radius 1 is 1.35 bits per heavy atom. The summed E-state index contributed by atoms with van der Waals surface area (Å²) in [6.07, 6.45) is 0.859. The van der Waals surface area contributed by atoms with Crippen LogP contribution in [-0.2, 0) is 19.5 Å². The lowest BCUT2D eigenvalue weighted by Crippen LogP contribution is -2.18. The molecule has 92 valence electrons. The van der Waals surface area contributed by atoms with Gasteiger partial charge in [-0.2, -0.15) is 5.10 Å². The second kappa shape index (κ2) is 5.33. The minimum Gasteiger partial charge on any atom is -0.294 e. The highest BCUT2D eigenvalue weighted by Gasteiger charge is 2.09. The highest BCUT2D eigenvalue weighted by molar-refractivity contribution is 7.05. The molecule has 0 aliphatic rings. The third kappa shape index (κ3) is 3.07. The van der Waals surface area contributed by atoms with E-state index < -0.39 is 0 Å². The minimum atomic E-state index is 0.754. The highest BCUT2D eigenvalue weighted by atomic mass is 32.1. The van der Waals surface area contributed by atoms with Crippen molar-refractivity contribution >= 4 is 11.5 Å². The number of aromatic amines is 1. The first-order chi connectivity index (χ1) is 8.19. The summed E-state index contributed by atoms with van der Waals surface area (Å²) in [7, 11) is 2.05. The summed E-state index contributed by atoms with van der Waals surface area (Å²) in [5.41, 5.74) is 1.01. The molecule has 7 heteroatoms. The number of H-pyrrole nitrogens is 1. The Kier molecular flexibility index (Phi) is 3.80. The summed E-state index contributed by atoms with van der Waals surface area (Å²) in [6, 6.07) is 0. The fraction of sp³-hybridized carbons (Fsp3) is 0.600. The van der Waals surface area contributed by atoms with Gasteiger partial charge in [0.15, 0.2) is 0 Å². The zero-order valence-corrected chi connectivity index (χ0v) is 11.1. The van der Waals surface area contributed by atoms with E-state index in [1.54, 1.807) is 0 Å². The number of hydrogen-bond donors (Lipinski definition) is 1. The summed E-state index contributed by atoms with van der Waals surface area (Å²) in [5.74, 6) is 1.77. The predicted molar refractivity (Wildman–Crippen MR) is 65.6 cm³/mol. The summed E-state index contributed by atoms with van der Waals surface area (Å²) in [4.78, 5) is 7.75. The van der Waals surface area contributed by atoms with Crippen LogP contribution in [0.3, 0.4) is 0 Å². The third-order valence-electron chi connectivity index (χ3n) is 2.47. The molecule has 0 atom stereocenters. The number of rotatable bonds is 5. The molecule has 0 saturated heterocycles. The van der Waals surface area contributed by atoms with Crippen molar-refractivity contribution in [3.63, 3.8) is 0 Å². The Balaban J connectivity index is 1.93. The van der Waals surface area contributed by atoms with Crippen LogP contribution in [0.2, 0.25) is 0 Å². The normalized spacial score (nSPS) is 11.3. The van der Waals surface area contributed by atoms with Crippen LogP contribution in [-0.4, -0.2) is 36.7 Å². The fourth-order valence-electron chi connectivity index (χ4n) is 1.52. The molecule has 0 fully saturated rings. The van der Waals surface area contributed by atoms with Gasteiger partial charge in [0.2, 0.25) is 0 Å². The van der Waals surface area contributed by atoms with Gasteiger partial charge in [0, 0.05) is 13.0 Å². The van der Waals surface area contributed by atoms with Gasteiger partial charge >= 0.3 is 0 Å². The second-order valence-electron chi connectivity index (χ2n) is 4.01. The first kappa shape index (κ1) is 12.1. The average Bonchev–Trinajstić information content (AvgIpc) is 2.89. The van der Waals surface area contributed by atoms with Crippen LogP contribution in [0, 0.1) is 6.92 Å². The number of hydrogen-bond acceptors (Lipinski definition) is 6. The van der Waals surface area contributed by atoms with E-state index >= 15 is 0 Å². The van der Waals surface area contributed by atoms with E-state index in [1.807, 2.05) is 20.9 Å². The van der Waals surface area contributed by atoms with E-state index in [1.165, 1.54) is 16.4 Å².